The molecule has 0 amide bonds. The predicted molar refractivity (Wildman–Crippen MR) is 207 cm³/mol. The average molecular weight is 654 g/mol. The number of rotatable bonds is 6. The highest BCUT2D eigenvalue weighted by molar-refractivity contribution is 5.93. The summed E-state index contributed by atoms with van der Waals surface area (Å²) in [6, 6.07) is 50.1. The Bertz CT molecular complexity index is 2680. The van der Waals surface area contributed by atoms with Gasteiger partial charge in [0.1, 0.15) is 0 Å². The second-order valence-corrected chi connectivity index (χ2v) is 12.5. The fraction of sp³-hybridized carbons (Fsp3) is 0.0217. The molecular weight excluding hydrogens is 623 g/mol. The van der Waals surface area contributed by atoms with Crippen LogP contribution in [-0.2, 0) is 0 Å². The van der Waals surface area contributed by atoms with E-state index in [1.165, 1.54) is 11.1 Å². The standard InChI is InChI=1S/C46H31N5/c1-2-9-31(10-3-1)32-17-23-37(24-18-32)44-49-45(38-25-19-33(20-26-38)40-15-5-4-11-35-13-7-29-47-42(35)40)51-46(50-44)39-27-21-34(22-28-39)41-16-6-12-36-14-8-30-48-43(36)41/h1-14,16-30H,15H2. The van der Waals surface area contributed by atoms with Crippen LogP contribution in [0.3, 0.4) is 0 Å². The summed E-state index contributed by atoms with van der Waals surface area (Å²) in [5.41, 5.74) is 10.5. The maximum Gasteiger partial charge on any atom is 0.164 e. The molecule has 0 radical (unpaired) electrons. The van der Waals surface area contributed by atoms with E-state index in [9.17, 15) is 0 Å². The van der Waals surface area contributed by atoms with E-state index in [1.54, 1.807) is 0 Å². The Labute approximate surface area is 295 Å². The normalized spacial score (nSPS) is 12.3. The summed E-state index contributed by atoms with van der Waals surface area (Å²) in [5.74, 6) is 1.86. The molecular formula is C46H31N5. The predicted octanol–water partition coefficient (Wildman–Crippen LogP) is 9.09. The summed E-state index contributed by atoms with van der Waals surface area (Å²) in [7, 11) is 0. The van der Waals surface area contributed by atoms with E-state index in [2.05, 4.69) is 151 Å². The first-order valence-corrected chi connectivity index (χ1v) is 17.1. The monoisotopic (exact) mass is 653 g/mol. The van der Waals surface area contributed by atoms with Gasteiger partial charge in [-0.2, -0.15) is 0 Å². The van der Waals surface area contributed by atoms with Crippen LogP contribution in [0.2, 0.25) is 0 Å². The molecule has 0 atom stereocenters. The number of para-hydroxylation sites is 1. The third-order valence-corrected chi connectivity index (χ3v) is 9.32. The molecule has 1 aliphatic carbocycles. The molecule has 0 fully saturated rings. The van der Waals surface area contributed by atoms with Crippen molar-refractivity contribution in [1.29, 1.82) is 0 Å². The molecule has 240 valence electrons. The van der Waals surface area contributed by atoms with Crippen molar-refractivity contribution in [2.45, 2.75) is 6.42 Å². The van der Waals surface area contributed by atoms with E-state index in [0.29, 0.717) is 17.5 Å². The van der Waals surface area contributed by atoms with Crippen molar-refractivity contribution in [3.8, 4) is 56.4 Å². The summed E-state index contributed by atoms with van der Waals surface area (Å²) < 4.78 is 0. The van der Waals surface area contributed by atoms with Gasteiger partial charge in [0.15, 0.2) is 17.5 Å². The topological polar surface area (TPSA) is 64.5 Å². The van der Waals surface area contributed by atoms with Gasteiger partial charge in [-0.25, -0.2) is 15.0 Å². The Morgan fingerprint density at radius 2 is 0.961 bits per heavy atom. The molecule has 5 nitrogen and oxygen atoms in total. The summed E-state index contributed by atoms with van der Waals surface area (Å²) >= 11 is 0. The summed E-state index contributed by atoms with van der Waals surface area (Å²) in [6.07, 6.45) is 10.9. The zero-order chi connectivity index (χ0) is 34.0. The first kappa shape index (κ1) is 30.2. The van der Waals surface area contributed by atoms with Crippen LogP contribution in [0.5, 0.6) is 0 Å². The van der Waals surface area contributed by atoms with Gasteiger partial charge < -0.3 is 0 Å². The number of hydrogen-bond donors (Lipinski definition) is 0. The Morgan fingerprint density at radius 1 is 0.412 bits per heavy atom. The van der Waals surface area contributed by atoms with Crippen LogP contribution in [-0.4, -0.2) is 24.9 Å². The molecule has 0 unspecified atom stereocenters. The number of pyridine rings is 2. The summed E-state index contributed by atoms with van der Waals surface area (Å²) in [6.45, 7) is 0. The molecule has 51 heavy (non-hydrogen) atoms. The fourth-order valence-electron chi connectivity index (χ4n) is 6.68. The van der Waals surface area contributed by atoms with Crippen LogP contribution in [0.4, 0.5) is 0 Å². The van der Waals surface area contributed by atoms with Gasteiger partial charge in [-0.15, -0.1) is 0 Å². The highest BCUT2D eigenvalue weighted by Gasteiger charge is 2.15. The number of allylic oxidation sites excluding steroid dienone is 2. The third-order valence-electron chi connectivity index (χ3n) is 9.32. The fourth-order valence-corrected chi connectivity index (χ4v) is 6.68. The van der Waals surface area contributed by atoms with E-state index in [-0.39, 0.29) is 0 Å². The highest BCUT2D eigenvalue weighted by atomic mass is 15.0. The van der Waals surface area contributed by atoms with E-state index in [4.69, 9.17) is 19.9 Å². The summed E-state index contributed by atoms with van der Waals surface area (Å²) in [4.78, 5) is 24.5. The molecule has 3 heterocycles. The first-order valence-electron chi connectivity index (χ1n) is 17.1. The zero-order valence-corrected chi connectivity index (χ0v) is 27.7. The van der Waals surface area contributed by atoms with Gasteiger partial charge in [0.05, 0.1) is 10.9 Å². The van der Waals surface area contributed by atoms with Gasteiger partial charge in [0.25, 0.3) is 0 Å². The largest absolute Gasteiger partial charge is 0.256 e. The van der Waals surface area contributed by atoms with Crippen LogP contribution in [0.15, 0.2) is 170 Å². The number of fused-ring (bicyclic) bond motifs is 2. The lowest BCUT2D eigenvalue weighted by Gasteiger charge is -2.11. The smallest absolute Gasteiger partial charge is 0.164 e. The van der Waals surface area contributed by atoms with Crippen molar-refractivity contribution in [3.63, 3.8) is 0 Å². The number of nitrogens with zero attached hydrogens (tertiary/aromatic N) is 5. The van der Waals surface area contributed by atoms with Crippen molar-refractivity contribution >= 4 is 22.6 Å². The molecule has 8 aromatic rings. The molecule has 0 bridgehead atoms. The van der Waals surface area contributed by atoms with Crippen LogP contribution < -0.4 is 10.6 Å². The quantitative estimate of drug-likeness (QED) is 0.179. The molecule has 0 N–H and O–H groups in total. The van der Waals surface area contributed by atoms with Gasteiger partial charge in [0.2, 0.25) is 0 Å². The van der Waals surface area contributed by atoms with Gasteiger partial charge in [-0.3, -0.25) is 9.97 Å². The zero-order valence-electron chi connectivity index (χ0n) is 27.7. The van der Waals surface area contributed by atoms with Gasteiger partial charge in [0, 0.05) is 45.3 Å². The van der Waals surface area contributed by atoms with Gasteiger partial charge in [-0.05, 0) is 46.4 Å². The third kappa shape index (κ3) is 6.02. The van der Waals surface area contributed by atoms with Crippen LogP contribution in [0.1, 0.15) is 12.0 Å². The van der Waals surface area contributed by atoms with Crippen LogP contribution >= 0.6 is 0 Å². The van der Waals surface area contributed by atoms with E-state index < -0.39 is 0 Å². The van der Waals surface area contributed by atoms with E-state index >= 15 is 0 Å². The number of hydrogen-bond acceptors (Lipinski definition) is 5. The highest BCUT2D eigenvalue weighted by Crippen LogP contribution is 2.31. The molecule has 9 rings (SSSR count). The second kappa shape index (κ2) is 13.2. The minimum Gasteiger partial charge on any atom is -0.256 e. The molecule has 0 spiro atoms. The molecule has 3 aromatic heterocycles. The summed E-state index contributed by atoms with van der Waals surface area (Å²) in [5, 5.41) is 3.25. The Morgan fingerprint density at radius 3 is 1.65 bits per heavy atom. The minimum atomic E-state index is 0.616. The van der Waals surface area contributed by atoms with E-state index in [0.717, 1.165) is 66.8 Å². The van der Waals surface area contributed by atoms with Crippen molar-refractivity contribution < 1.29 is 0 Å². The molecule has 0 aliphatic heterocycles. The van der Waals surface area contributed by atoms with Gasteiger partial charge in [-0.1, -0.05) is 152 Å². The lowest BCUT2D eigenvalue weighted by Crippen LogP contribution is -2.29. The minimum absolute atomic E-state index is 0.616. The second-order valence-electron chi connectivity index (χ2n) is 12.5. The average Bonchev–Trinajstić information content (AvgIpc) is 3.44. The molecule has 5 heteroatoms. The maximum atomic E-state index is 5.04. The van der Waals surface area contributed by atoms with Crippen molar-refractivity contribution in [3.05, 3.63) is 186 Å². The van der Waals surface area contributed by atoms with Crippen LogP contribution in [0.25, 0.3) is 79.0 Å². The first-order chi connectivity index (χ1) is 25.3. The molecule has 1 aliphatic rings. The number of benzene rings is 5. The van der Waals surface area contributed by atoms with Crippen molar-refractivity contribution in [2.24, 2.45) is 0 Å². The van der Waals surface area contributed by atoms with Crippen LogP contribution in [0, 0.1) is 0 Å². The number of aromatic nitrogens is 5. The SMILES string of the molecule is C1=CCC(c2ccc(-c3nc(-c4ccc(-c5ccccc5)cc4)nc(-c4ccc(-c5cccc6cccnc56)cc4)n3)cc2)=c2ncccc2=C1. The van der Waals surface area contributed by atoms with Crippen molar-refractivity contribution in [1.82, 2.24) is 24.9 Å². The van der Waals surface area contributed by atoms with Gasteiger partial charge >= 0.3 is 0 Å². The molecule has 0 saturated heterocycles. The Hall–Kier alpha value is -6.85. The maximum absolute atomic E-state index is 5.04. The van der Waals surface area contributed by atoms with E-state index in [1.807, 2.05) is 30.6 Å². The van der Waals surface area contributed by atoms with Crippen molar-refractivity contribution in [2.75, 3.05) is 0 Å². The molecule has 0 saturated carbocycles. The molecule has 5 aromatic carbocycles. The Balaban J connectivity index is 1.12. The lowest BCUT2D eigenvalue weighted by molar-refractivity contribution is 1.07. The lowest BCUT2D eigenvalue weighted by atomic mass is 10.00. The Kier molecular flexibility index (Phi) is 7.84.